The van der Waals surface area contributed by atoms with Crippen molar-refractivity contribution in [2.75, 3.05) is 0 Å². The monoisotopic (exact) mass is 416 g/mol. The molecule has 0 spiro atoms. The maximum Gasteiger partial charge on any atom is 0.150 e. The lowest BCUT2D eigenvalue weighted by Gasteiger charge is -2.28. The highest BCUT2D eigenvalue weighted by Gasteiger charge is 2.33. The standard InChI is InChI=1S/C27H19ClF2/c1-2-6-16-9-11-18(12-10-16)19-13-14-20-22-15-21(17-7-4-3-5-8-17)27(30)25(28)23(22)24(20)26(19)29/h3-5,7-15H,2,6H2,1H3. The molecule has 4 aromatic rings. The lowest BCUT2D eigenvalue weighted by atomic mass is 9.77. The first kappa shape index (κ1) is 19.0. The number of fused-ring (bicyclic) bond motifs is 4. The molecule has 0 amide bonds. The molecule has 1 aliphatic rings. The van der Waals surface area contributed by atoms with Crippen molar-refractivity contribution in [1.29, 1.82) is 0 Å². The van der Waals surface area contributed by atoms with Crippen molar-refractivity contribution in [3.8, 4) is 44.5 Å². The minimum absolute atomic E-state index is 0.0202. The Hall–Kier alpha value is -2.97. The topological polar surface area (TPSA) is 0 Å². The molecule has 0 nitrogen and oxygen atoms in total. The van der Waals surface area contributed by atoms with Crippen molar-refractivity contribution in [1.82, 2.24) is 0 Å². The van der Waals surface area contributed by atoms with Crippen LogP contribution in [0.15, 0.2) is 72.8 Å². The van der Waals surface area contributed by atoms with Gasteiger partial charge in [-0.3, -0.25) is 0 Å². The van der Waals surface area contributed by atoms with Crippen LogP contribution in [0.2, 0.25) is 5.02 Å². The van der Waals surface area contributed by atoms with Gasteiger partial charge in [0.1, 0.15) is 11.6 Å². The van der Waals surface area contributed by atoms with Gasteiger partial charge in [-0.1, -0.05) is 91.7 Å². The molecule has 1 aliphatic carbocycles. The molecule has 0 saturated heterocycles. The van der Waals surface area contributed by atoms with Crippen LogP contribution in [0.1, 0.15) is 18.9 Å². The van der Waals surface area contributed by atoms with Crippen molar-refractivity contribution in [2.24, 2.45) is 0 Å². The molecule has 30 heavy (non-hydrogen) atoms. The van der Waals surface area contributed by atoms with E-state index in [2.05, 4.69) is 6.92 Å². The SMILES string of the molecule is CCCc1ccc(-c2ccc3c(c2F)-c2c-3cc(-c3ccccc3)c(F)c2Cl)cc1. The van der Waals surface area contributed by atoms with Crippen LogP contribution in [0, 0.1) is 11.6 Å². The van der Waals surface area contributed by atoms with Gasteiger partial charge in [0.15, 0.2) is 0 Å². The van der Waals surface area contributed by atoms with Gasteiger partial charge in [-0.25, -0.2) is 8.78 Å². The number of hydrogen-bond donors (Lipinski definition) is 0. The molecule has 0 atom stereocenters. The molecule has 0 heterocycles. The van der Waals surface area contributed by atoms with Crippen LogP contribution in [-0.4, -0.2) is 0 Å². The van der Waals surface area contributed by atoms with E-state index < -0.39 is 5.82 Å². The van der Waals surface area contributed by atoms with Crippen LogP contribution in [-0.2, 0) is 6.42 Å². The summed E-state index contributed by atoms with van der Waals surface area (Å²) in [4.78, 5) is 0. The highest BCUT2D eigenvalue weighted by molar-refractivity contribution is 6.36. The molecule has 0 aliphatic heterocycles. The van der Waals surface area contributed by atoms with Gasteiger partial charge in [0.25, 0.3) is 0 Å². The van der Waals surface area contributed by atoms with E-state index in [4.69, 9.17) is 11.6 Å². The summed E-state index contributed by atoms with van der Waals surface area (Å²) >= 11 is 6.40. The van der Waals surface area contributed by atoms with E-state index in [9.17, 15) is 0 Å². The van der Waals surface area contributed by atoms with E-state index in [1.54, 1.807) is 12.1 Å². The third-order valence-electron chi connectivity index (χ3n) is 5.78. The summed E-state index contributed by atoms with van der Waals surface area (Å²) in [5, 5.41) is -0.0202. The van der Waals surface area contributed by atoms with Crippen molar-refractivity contribution in [3.05, 3.63) is 95.0 Å². The molecule has 148 valence electrons. The zero-order chi connectivity index (χ0) is 20.8. The fourth-order valence-electron chi connectivity index (χ4n) is 4.26. The molecular weight excluding hydrogens is 398 g/mol. The van der Waals surface area contributed by atoms with E-state index >= 15 is 8.78 Å². The molecule has 4 aromatic carbocycles. The van der Waals surface area contributed by atoms with Crippen LogP contribution >= 0.6 is 11.6 Å². The van der Waals surface area contributed by atoms with Gasteiger partial charge in [0.05, 0.1) is 5.02 Å². The predicted octanol–water partition coefficient (Wildman–Crippen LogP) is 8.55. The third kappa shape index (κ3) is 2.86. The summed E-state index contributed by atoms with van der Waals surface area (Å²) in [5.41, 5.74) is 6.15. The summed E-state index contributed by atoms with van der Waals surface area (Å²) in [6.45, 7) is 2.13. The summed E-state index contributed by atoms with van der Waals surface area (Å²) in [6, 6.07) is 22.7. The van der Waals surface area contributed by atoms with Crippen LogP contribution in [0.5, 0.6) is 0 Å². The van der Waals surface area contributed by atoms with E-state index in [1.807, 2.05) is 60.7 Å². The van der Waals surface area contributed by atoms with Crippen molar-refractivity contribution >= 4 is 11.6 Å². The van der Waals surface area contributed by atoms with Crippen LogP contribution in [0.4, 0.5) is 8.78 Å². The van der Waals surface area contributed by atoms with Crippen molar-refractivity contribution < 1.29 is 8.78 Å². The number of rotatable bonds is 4. The van der Waals surface area contributed by atoms with Gasteiger partial charge in [0, 0.05) is 22.3 Å². The molecule has 0 radical (unpaired) electrons. The minimum Gasteiger partial charge on any atom is -0.206 e. The zero-order valence-corrected chi connectivity index (χ0v) is 17.2. The Kier molecular flexibility index (Phi) is 4.67. The Morgan fingerprint density at radius 2 is 1.33 bits per heavy atom. The first-order valence-corrected chi connectivity index (χ1v) is 10.5. The largest absolute Gasteiger partial charge is 0.206 e. The number of hydrogen-bond acceptors (Lipinski definition) is 0. The van der Waals surface area contributed by atoms with Gasteiger partial charge < -0.3 is 0 Å². The Balaban J connectivity index is 1.60. The molecule has 0 bridgehead atoms. The van der Waals surface area contributed by atoms with Gasteiger partial charge in [-0.2, -0.15) is 0 Å². The van der Waals surface area contributed by atoms with E-state index in [-0.39, 0.29) is 10.8 Å². The smallest absolute Gasteiger partial charge is 0.150 e. The normalized spacial score (nSPS) is 11.6. The Morgan fingerprint density at radius 3 is 2.03 bits per heavy atom. The highest BCUT2D eigenvalue weighted by Crippen LogP contribution is 2.55. The zero-order valence-electron chi connectivity index (χ0n) is 16.5. The number of aryl methyl sites for hydroxylation is 1. The molecule has 0 aromatic heterocycles. The van der Waals surface area contributed by atoms with Crippen molar-refractivity contribution in [2.45, 2.75) is 19.8 Å². The number of halogens is 3. The van der Waals surface area contributed by atoms with E-state index in [0.717, 1.165) is 35.1 Å². The summed E-state index contributed by atoms with van der Waals surface area (Å²) < 4.78 is 30.6. The van der Waals surface area contributed by atoms with Crippen LogP contribution in [0.25, 0.3) is 44.5 Å². The molecule has 5 rings (SSSR count). The fourth-order valence-corrected chi connectivity index (χ4v) is 4.55. The lowest BCUT2D eigenvalue weighted by molar-refractivity contribution is 0.627. The fraction of sp³-hybridized carbons (Fsp3) is 0.111. The maximum atomic E-state index is 15.5. The van der Waals surface area contributed by atoms with Gasteiger partial charge >= 0.3 is 0 Å². The van der Waals surface area contributed by atoms with E-state index in [1.165, 1.54) is 5.56 Å². The average Bonchev–Trinajstić information content (AvgIpc) is 2.76. The summed E-state index contributed by atoms with van der Waals surface area (Å²) in [7, 11) is 0. The first-order chi connectivity index (χ1) is 14.6. The Morgan fingerprint density at radius 1 is 0.667 bits per heavy atom. The second-order valence-corrected chi connectivity index (χ2v) is 8.02. The molecule has 0 fully saturated rings. The van der Waals surface area contributed by atoms with Gasteiger partial charge in [0.2, 0.25) is 0 Å². The molecular formula is C27H19ClF2. The number of benzene rings is 4. The minimum atomic E-state index is -0.513. The average molecular weight is 417 g/mol. The maximum absolute atomic E-state index is 15.5. The molecule has 0 N–H and O–H groups in total. The predicted molar refractivity (Wildman–Crippen MR) is 121 cm³/mol. The van der Waals surface area contributed by atoms with Gasteiger partial charge in [-0.05, 0) is 40.3 Å². The molecule has 0 saturated carbocycles. The van der Waals surface area contributed by atoms with Crippen LogP contribution in [0.3, 0.4) is 0 Å². The van der Waals surface area contributed by atoms with Crippen LogP contribution < -0.4 is 0 Å². The molecule has 0 unspecified atom stereocenters. The Bertz CT molecular complexity index is 1260. The second kappa shape index (κ2) is 7.37. The van der Waals surface area contributed by atoms with E-state index in [0.29, 0.717) is 22.3 Å². The molecule has 3 heteroatoms. The van der Waals surface area contributed by atoms with Gasteiger partial charge in [-0.15, -0.1) is 0 Å². The van der Waals surface area contributed by atoms with Crippen molar-refractivity contribution in [3.63, 3.8) is 0 Å². The quantitative estimate of drug-likeness (QED) is 0.275. The third-order valence-corrected chi connectivity index (χ3v) is 6.13. The summed E-state index contributed by atoms with van der Waals surface area (Å²) in [6.07, 6.45) is 2.07. The highest BCUT2D eigenvalue weighted by atomic mass is 35.5. The Labute approximate surface area is 179 Å². The second-order valence-electron chi connectivity index (χ2n) is 7.64. The summed E-state index contributed by atoms with van der Waals surface area (Å²) in [5.74, 6) is -0.863. The lowest BCUT2D eigenvalue weighted by Crippen LogP contribution is -2.06. The first-order valence-electron chi connectivity index (χ1n) is 10.1.